The second kappa shape index (κ2) is 6.78. The van der Waals surface area contributed by atoms with E-state index in [1.54, 1.807) is 4.68 Å². The third kappa shape index (κ3) is 4.57. The van der Waals surface area contributed by atoms with Gasteiger partial charge in [0.1, 0.15) is 0 Å². The molecule has 1 aromatic heterocycles. The van der Waals surface area contributed by atoms with E-state index in [2.05, 4.69) is 15.2 Å². The summed E-state index contributed by atoms with van der Waals surface area (Å²) in [6.45, 7) is 4.72. The summed E-state index contributed by atoms with van der Waals surface area (Å²) in [6.07, 6.45) is 0.547. The summed E-state index contributed by atoms with van der Waals surface area (Å²) in [6, 6.07) is 1.97. The molecule has 6 nitrogen and oxygen atoms in total. The molecule has 0 radical (unpaired) electrons. The molecule has 1 aromatic rings. The highest BCUT2D eigenvalue weighted by atomic mass is 16.5. The smallest absolute Gasteiger partial charge is 0.307 e. The Labute approximate surface area is 106 Å². The van der Waals surface area contributed by atoms with Gasteiger partial charge in [-0.25, -0.2) is 0 Å². The highest BCUT2D eigenvalue weighted by molar-refractivity contribution is 5.76. The summed E-state index contributed by atoms with van der Waals surface area (Å²) in [5, 5.41) is 6.93. The minimum Gasteiger partial charge on any atom is -0.469 e. The number of esters is 1. The van der Waals surface area contributed by atoms with Crippen LogP contribution < -0.4 is 5.32 Å². The number of aromatic nitrogens is 2. The van der Waals surface area contributed by atoms with Gasteiger partial charge in [-0.15, -0.1) is 0 Å². The van der Waals surface area contributed by atoms with E-state index in [9.17, 15) is 9.59 Å². The molecule has 6 heteroatoms. The van der Waals surface area contributed by atoms with Gasteiger partial charge in [-0.05, 0) is 19.9 Å². The van der Waals surface area contributed by atoms with E-state index < -0.39 is 0 Å². The SMILES string of the molecule is COC(=O)CCNC(=O)CCn1nc(C)cc1C. The Kier molecular flexibility index (Phi) is 5.35. The van der Waals surface area contributed by atoms with Crippen LogP contribution in [0.25, 0.3) is 0 Å². The van der Waals surface area contributed by atoms with Crippen LogP contribution in [-0.4, -0.2) is 35.3 Å². The summed E-state index contributed by atoms with van der Waals surface area (Å²) in [7, 11) is 1.33. The van der Waals surface area contributed by atoms with Gasteiger partial charge in [0, 0.05) is 25.2 Å². The number of carbonyl (C=O) groups is 2. The van der Waals surface area contributed by atoms with Crippen molar-refractivity contribution in [2.45, 2.75) is 33.2 Å². The van der Waals surface area contributed by atoms with Crippen molar-refractivity contribution in [1.82, 2.24) is 15.1 Å². The van der Waals surface area contributed by atoms with Crippen LogP contribution in [0.15, 0.2) is 6.07 Å². The van der Waals surface area contributed by atoms with Crippen molar-refractivity contribution in [3.63, 3.8) is 0 Å². The highest BCUT2D eigenvalue weighted by Gasteiger charge is 2.06. The van der Waals surface area contributed by atoms with Crippen molar-refractivity contribution >= 4 is 11.9 Å². The predicted octanol–water partition coefficient (Wildman–Crippen LogP) is 0.569. The van der Waals surface area contributed by atoms with Crippen molar-refractivity contribution < 1.29 is 14.3 Å². The number of ether oxygens (including phenoxy) is 1. The number of methoxy groups -OCH3 is 1. The number of amides is 1. The molecule has 100 valence electrons. The number of hydrogen-bond donors (Lipinski definition) is 1. The lowest BCUT2D eigenvalue weighted by Crippen LogP contribution is -2.27. The Bertz CT molecular complexity index is 426. The molecule has 0 aliphatic carbocycles. The topological polar surface area (TPSA) is 73.2 Å². The summed E-state index contributed by atoms with van der Waals surface area (Å²) in [4.78, 5) is 22.3. The Balaban J connectivity index is 2.25. The maximum Gasteiger partial charge on any atom is 0.307 e. The standard InChI is InChI=1S/C12H19N3O3/c1-9-8-10(2)15(14-9)7-5-11(16)13-6-4-12(17)18-3/h8H,4-7H2,1-3H3,(H,13,16). The van der Waals surface area contributed by atoms with E-state index in [4.69, 9.17) is 0 Å². The van der Waals surface area contributed by atoms with Crippen molar-refractivity contribution in [2.75, 3.05) is 13.7 Å². The summed E-state index contributed by atoms with van der Waals surface area (Å²) < 4.78 is 6.28. The Morgan fingerprint density at radius 2 is 2.11 bits per heavy atom. The number of aryl methyl sites for hydroxylation is 3. The molecule has 1 amide bonds. The predicted molar refractivity (Wildman–Crippen MR) is 66.0 cm³/mol. The summed E-state index contributed by atoms with van der Waals surface area (Å²) >= 11 is 0. The molecule has 0 aliphatic rings. The average Bonchev–Trinajstić information content (AvgIpc) is 2.65. The lowest BCUT2D eigenvalue weighted by molar-refractivity contribution is -0.140. The first-order chi connectivity index (χ1) is 8.52. The van der Waals surface area contributed by atoms with E-state index in [1.165, 1.54) is 7.11 Å². The molecule has 0 saturated heterocycles. The molecule has 18 heavy (non-hydrogen) atoms. The third-order valence-corrected chi connectivity index (χ3v) is 2.53. The first-order valence-corrected chi connectivity index (χ1v) is 5.87. The van der Waals surface area contributed by atoms with Gasteiger partial charge >= 0.3 is 5.97 Å². The Morgan fingerprint density at radius 1 is 1.39 bits per heavy atom. The van der Waals surface area contributed by atoms with Crippen LogP contribution in [-0.2, 0) is 20.9 Å². The van der Waals surface area contributed by atoms with E-state index >= 15 is 0 Å². The molecular weight excluding hydrogens is 234 g/mol. The maximum absolute atomic E-state index is 11.5. The lowest BCUT2D eigenvalue weighted by atomic mass is 10.3. The number of nitrogens with zero attached hydrogens (tertiary/aromatic N) is 2. The second-order valence-corrected chi connectivity index (χ2v) is 4.08. The van der Waals surface area contributed by atoms with Gasteiger partial charge < -0.3 is 10.1 Å². The van der Waals surface area contributed by atoms with Gasteiger partial charge in [-0.1, -0.05) is 0 Å². The van der Waals surface area contributed by atoms with Crippen molar-refractivity contribution in [1.29, 1.82) is 0 Å². The number of rotatable bonds is 6. The molecule has 0 fully saturated rings. The average molecular weight is 253 g/mol. The minimum absolute atomic E-state index is 0.0912. The summed E-state index contributed by atoms with van der Waals surface area (Å²) in [5.74, 6) is -0.416. The molecular formula is C12H19N3O3. The molecule has 1 rings (SSSR count). The maximum atomic E-state index is 11.5. The van der Waals surface area contributed by atoms with E-state index in [-0.39, 0.29) is 18.3 Å². The molecule has 0 saturated carbocycles. The van der Waals surface area contributed by atoms with Crippen LogP contribution in [0, 0.1) is 13.8 Å². The van der Waals surface area contributed by atoms with Crippen LogP contribution in [0.4, 0.5) is 0 Å². The fraction of sp³-hybridized carbons (Fsp3) is 0.583. The van der Waals surface area contributed by atoms with Gasteiger partial charge in [0.25, 0.3) is 0 Å². The van der Waals surface area contributed by atoms with Crippen LogP contribution in [0.1, 0.15) is 24.2 Å². The van der Waals surface area contributed by atoms with Crippen LogP contribution >= 0.6 is 0 Å². The van der Waals surface area contributed by atoms with Gasteiger partial charge in [0.15, 0.2) is 0 Å². The van der Waals surface area contributed by atoms with Gasteiger partial charge in [0.05, 0.1) is 19.2 Å². The van der Waals surface area contributed by atoms with Crippen molar-refractivity contribution in [3.05, 3.63) is 17.5 Å². The molecule has 0 spiro atoms. The largest absolute Gasteiger partial charge is 0.469 e. The first-order valence-electron chi connectivity index (χ1n) is 5.87. The van der Waals surface area contributed by atoms with Crippen molar-refractivity contribution in [2.24, 2.45) is 0 Å². The van der Waals surface area contributed by atoms with Crippen LogP contribution in [0.5, 0.6) is 0 Å². The number of hydrogen-bond acceptors (Lipinski definition) is 4. The van der Waals surface area contributed by atoms with Crippen LogP contribution in [0.3, 0.4) is 0 Å². The molecule has 0 aliphatic heterocycles. The van der Waals surface area contributed by atoms with Crippen molar-refractivity contribution in [3.8, 4) is 0 Å². The summed E-state index contributed by atoms with van der Waals surface area (Å²) in [5.41, 5.74) is 1.98. The number of carbonyl (C=O) groups excluding carboxylic acids is 2. The van der Waals surface area contributed by atoms with Gasteiger partial charge in [0.2, 0.25) is 5.91 Å². The van der Waals surface area contributed by atoms with Gasteiger partial charge in [-0.3, -0.25) is 14.3 Å². The van der Waals surface area contributed by atoms with Crippen LogP contribution in [0.2, 0.25) is 0 Å². The molecule has 0 unspecified atom stereocenters. The zero-order valence-corrected chi connectivity index (χ0v) is 11.0. The number of nitrogens with one attached hydrogen (secondary N) is 1. The fourth-order valence-corrected chi connectivity index (χ4v) is 1.60. The Morgan fingerprint density at radius 3 is 2.67 bits per heavy atom. The quantitative estimate of drug-likeness (QED) is 0.752. The second-order valence-electron chi connectivity index (χ2n) is 4.08. The normalized spacial score (nSPS) is 10.2. The minimum atomic E-state index is -0.325. The monoisotopic (exact) mass is 253 g/mol. The molecule has 0 bridgehead atoms. The zero-order valence-electron chi connectivity index (χ0n) is 11.0. The molecule has 1 heterocycles. The Hall–Kier alpha value is -1.85. The van der Waals surface area contributed by atoms with Gasteiger partial charge in [-0.2, -0.15) is 5.10 Å². The first kappa shape index (κ1) is 14.2. The lowest BCUT2D eigenvalue weighted by Gasteiger charge is -2.06. The van der Waals surface area contributed by atoms with E-state index in [0.29, 0.717) is 19.5 Å². The molecule has 0 atom stereocenters. The molecule has 0 aromatic carbocycles. The third-order valence-electron chi connectivity index (χ3n) is 2.53. The molecule has 1 N–H and O–H groups in total. The fourth-order valence-electron chi connectivity index (χ4n) is 1.60. The highest BCUT2D eigenvalue weighted by Crippen LogP contribution is 2.02. The van der Waals surface area contributed by atoms with E-state index in [1.807, 2.05) is 19.9 Å². The van der Waals surface area contributed by atoms with E-state index in [0.717, 1.165) is 11.4 Å². The zero-order chi connectivity index (χ0) is 13.5.